The molecule has 0 aliphatic heterocycles. The lowest BCUT2D eigenvalue weighted by Gasteiger charge is -2.20. The van der Waals surface area contributed by atoms with Gasteiger partial charge in [-0.25, -0.2) is 0 Å². The summed E-state index contributed by atoms with van der Waals surface area (Å²) in [6.07, 6.45) is 8.86. The van der Waals surface area contributed by atoms with Gasteiger partial charge in [-0.1, -0.05) is 18.2 Å². The Morgan fingerprint density at radius 1 is 1.60 bits per heavy atom. The van der Waals surface area contributed by atoms with Crippen LogP contribution in [0.3, 0.4) is 0 Å². The Morgan fingerprint density at radius 2 is 2.40 bits per heavy atom. The fourth-order valence-electron chi connectivity index (χ4n) is 1.32. The third kappa shape index (κ3) is 1.71. The Labute approximate surface area is 62.1 Å². The molecule has 0 radical (unpaired) electrons. The fraction of sp³-hybridized carbons (Fsp3) is 0.556. The van der Waals surface area contributed by atoms with E-state index in [0.717, 1.165) is 19.3 Å². The first-order valence-electron chi connectivity index (χ1n) is 3.80. The van der Waals surface area contributed by atoms with Crippen molar-refractivity contribution in [2.45, 2.75) is 25.4 Å². The molecule has 0 aromatic rings. The number of hydrogen-bond acceptors (Lipinski definition) is 1. The number of aliphatic hydroxyl groups excluding tert-OH is 1. The number of aliphatic hydroxyl groups is 1. The number of allylic oxidation sites excluding steroid dienone is 2. The van der Waals surface area contributed by atoms with Crippen molar-refractivity contribution in [3.63, 3.8) is 0 Å². The highest BCUT2D eigenvalue weighted by atomic mass is 16.3. The van der Waals surface area contributed by atoms with Crippen LogP contribution in [0.4, 0.5) is 0 Å². The molecule has 0 amide bonds. The summed E-state index contributed by atoms with van der Waals surface area (Å²) in [5.74, 6) is 0.419. The van der Waals surface area contributed by atoms with Crippen molar-refractivity contribution in [1.29, 1.82) is 0 Å². The summed E-state index contributed by atoms with van der Waals surface area (Å²) in [7, 11) is 0. The first-order valence-corrected chi connectivity index (χ1v) is 3.80. The first-order chi connectivity index (χ1) is 4.84. The van der Waals surface area contributed by atoms with E-state index in [0.29, 0.717) is 5.92 Å². The molecule has 0 spiro atoms. The van der Waals surface area contributed by atoms with Crippen molar-refractivity contribution >= 4 is 0 Å². The van der Waals surface area contributed by atoms with E-state index < -0.39 is 0 Å². The molecule has 0 heterocycles. The van der Waals surface area contributed by atoms with Crippen LogP contribution in [-0.2, 0) is 0 Å². The number of hydrogen-bond donors (Lipinski definition) is 1. The summed E-state index contributed by atoms with van der Waals surface area (Å²) in [6, 6.07) is 0. The van der Waals surface area contributed by atoms with Crippen LogP contribution in [0.5, 0.6) is 0 Å². The maximum absolute atomic E-state index is 9.33. The largest absolute Gasteiger partial charge is 0.389 e. The minimum Gasteiger partial charge on any atom is -0.389 e. The zero-order valence-electron chi connectivity index (χ0n) is 6.16. The van der Waals surface area contributed by atoms with Gasteiger partial charge >= 0.3 is 0 Å². The van der Waals surface area contributed by atoms with E-state index in [9.17, 15) is 5.11 Å². The monoisotopic (exact) mass is 138 g/mol. The zero-order chi connectivity index (χ0) is 7.40. The van der Waals surface area contributed by atoms with E-state index in [4.69, 9.17) is 0 Å². The van der Waals surface area contributed by atoms with Crippen LogP contribution in [0.15, 0.2) is 24.8 Å². The predicted octanol–water partition coefficient (Wildman–Crippen LogP) is 1.89. The molecule has 56 valence electrons. The minimum atomic E-state index is -0.301. The van der Waals surface area contributed by atoms with Gasteiger partial charge in [-0.15, -0.1) is 6.58 Å². The van der Waals surface area contributed by atoms with Gasteiger partial charge in [-0.05, 0) is 25.2 Å². The van der Waals surface area contributed by atoms with Gasteiger partial charge in [0, 0.05) is 0 Å². The third-order valence-corrected chi connectivity index (χ3v) is 2.03. The van der Waals surface area contributed by atoms with Crippen molar-refractivity contribution in [2.75, 3.05) is 0 Å². The highest BCUT2D eigenvalue weighted by Crippen LogP contribution is 2.21. The van der Waals surface area contributed by atoms with E-state index in [-0.39, 0.29) is 6.10 Å². The summed E-state index contributed by atoms with van der Waals surface area (Å²) >= 11 is 0. The lowest BCUT2D eigenvalue weighted by Crippen LogP contribution is -2.18. The average molecular weight is 138 g/mol. The van der Waals surface area contributed by atoms with E-state index >= 15 is 0 Å². The van der Waals surface area contributed by atoms with E-state index in [2.05, 4.69) is 18.7 Å². The molecule has 2 atom stereocenters. The number of rotatable bonds is 2. The van der Waals surface area contributed by atoms with Crippen LogP contribution in [-0.4, -0.2) is 11.2 Å². The molecular formula is C9H14O. The normalized spacial score (nSPS) is 27.9. The van der Waals surface area contributed by atoms with Gasteiger partial charge < -0.3 is 5.11 Å². The summed E-state index contributed by atoms with van der Waals surface area (Å²) in [5.41, 5.74) is 0. The van der Waals surface area contributed by atoms with Crippen LogP contribution in [0.2, 0.25) is 0 Å². The molecule has 1 nitrogen and oxygen atoms in total. The molecule has 10 heavy (non-hydrogen) atoms. The maximum Gasteiger partial charge on any atom is 0.0749 e. The summed E-state index contributed by atoms with van der Waals surface area (Å²) in [6.45, 7) is 3.56. The molecule has 1 aliphatic carbocycles. The molecule has 0 saturated carbocycles. The summed E-state index contributed by atoms with van der Waals surface area (Å²) < 4.78 is 0. The topological polar surface area (TPSA) is 20.2 Å². The Bertz CT molecular complexity index is 138. The molecule has 0 fully saturated rings. The van der Waals surface area contributed by atoms with Gasteiger partial charge in [0.25, 0.3) is 0 Å². The van der Waals surface area contributed by atoms with Gasteiger partial charge in [-0.3, -0.25) is 0 Å². The first kappa shape index (κ1) is 7.55. The highest BCUT2D eigenvalue weighted by molar-refractivity contribution is 4.95. The Hall–Kier alpha value is -0.560. The molecule has 0 aromatic heterocycles. The molecule has 1 N–H and O–H groups in total. The molecule has 1 heteroatoms. The Kier molecular flexibility index (Phi) is 2.69. The second kappa shape index (κ2) is 3.57. The highest BCUT2D eigenvalue weighted by Gasteiger charge is 2.15. The molecule has 1 aliphatic rings. The predicted molar refractivity (Wildman–Crippen MR) is 42.7 cm³/mol. The molecule has 1 unspecified atom stereocenters. The van der Waals surface area contributed by atoms with Crippen LogP contribution in [0.25, 0.3) is 0 Å². The minimum absolute atomic E-state index is 0.301. The van der Waals surface area contributed by atoms with Crippen molar-refractivity contribution < 1.29 is 5.11 Å². The SMILES string of the molecule is C=C[C@H](O)C1CC=CCC1. The summed E-state index contributed by atoms with van der Waals surface area (Å²) in [5, 5.41) is 9.33. The Balaban J connectivity index is 2.40. The molecule has 0 bridgehead atoms. The van der Waals surface area contributed by atoms with Crippen LogP contribution in [0.1, 0.15) is 19.3 Å². The standard InChI is InChI=1S/C9H14O/c1-2-9(10)8-6-4-3-5-7-8/h2-4,8-10H,1,5-7H2/t8?,9-/m0/s1. The fourth-order valence-corrected chi connectivity index (χ4v) is 1.32. The van der Waals surface area contributed by atoms with E-state index in [1.54, 1.807) is 6.08 Å². The van der Waals surface area contributed by atoms with Gasteiger partial charge in [0.2, 0.25) is 0 Å². The lowest BCUT2D eigenvalue weighted by atomic mass is 9.89. The second-order valence-electron chi connectivity index (χ2n) is 2.77. The van der Waals surface area contributed by atoms with Crippen LogP contribution >= 0.6 is 0 Å². The third-order valence-electron chi connectivity index (χ3n) is 2.03. The zero-order valence-corrected chi connectivity index (χ0v) is 6.16. The summed E-state index contributed by atoms with van der Waals surface area (Å²) in [4.78, 5) is 0. The van der Waals surface area contributed by atoms with Crippen molar-refractivity contribution in [1.82, 2.24) is 0 Å². The van der Waals surface area contributed by atoms with E-state index in [1.165, 1.54) is 0 Å². The second-order valence-corrected chi connectivity index (χ2v) is 2.77. The van der Waals surface area contributed by atoms with Crippen molar-refractivity contribution in [2.24, 2.45) is 5.92 Å². The van der Waals surface area contributed by atoms with Crippen LogP contribution in [0, 0.1) is 5.92 Å². The molecule has 0 saturated heterocycles. The van der Waals surface area contributed by atoms with Crippen molar-refractivity contribution in [3.8, 4) is 0 Å². The Morgan fingerprint density at radius 3 is 2.90 bits per heavy atom. The smallest absolute Gasteiger partial charge is 0.0749 e. The molecule has 1 rings (SSSR count). The molecular weight excluding hydrogens is 124 g/mol. The maximum atomic E-state index is 9.33. The lowest BCUT2D eigenvalue weighted by molar-refractivity contribution is 0.146. The van der Waals surface area contributed by atoms with Crippen molar-refractivity contribution in [3.05, 3.63) is 24.8 Å². The quantitative estimate of drug-likeness (QED) is 0.578. The van der Waals surface area contributed by atoms with Gasteiger partial charge in [0.1, 0.15) is 0 Å². The van der Waals surface area contributed by atoms with Crippen LogP contribution < -0.4 is 0 Å². The van der Waals surface area contributed by atoms with Gasteiger partial charge in [0.05, 0.1) is 6.10 Å². The van der Waals surface area contributed by atoms with Gasteiger partial charge in [0.15, 0.2) is 0 Å². The van der Waals surface area contributed by atoms with Gasteiger partial charge in [-0.2, -0.15) is 0 Å². The molecule has 0 aromatic carbocycles. The van der Waals surface area contributed by atoms with E-state index in [1.807, 2.05) is 0 Å². The average Bonchev–Trinajstić information content (AvgIpc) is 2.05.